The van der Waals surface area contributed by atoms with Crippen molar-refractivity contribution in [2.24, 2.45) is 14.1 Å². The number of aryl methyl sites for hydroxylation is 1. The van der Waals surface area contributed by atoms with E-state index in [2.05, 4.69) is 4.98 Å². The van der Waals surface area contributed by atoms with E-state index in [1.807, 2.05) is 0 Å². The van der Waals surface area contributed by atoms with Gasteiger partial charge in [-0.2, -0.15) is 4.73 Å². The molecule has 20 heavy (non-hydrogen) atoms. The van der Waals surface area contributed by atoms with Crippen LogP contribution in [0.25, 0.3) is 22.2 Å². The van der Waals surface area contributed by atoms with Crippen LogP contribution >= 0.6 is 11.6 Å². The van der Waals surface area contributed by atoms with Crippen molar-refractivity contribution in [1.82, 2.24) is 14.1 Å². The molecule has 102 valence electrons. The van der Waals surface area contributed by atoms with Crippen LogP contribution in [0.15, 0.2) is 27.8 Å². The van der Waals surface area contributed by atoms with Crippen LogP contribution in [-0.2, 0) is 14.1 Å². The maximum Gasteiger partial charge on any atom is 0.332 e. The van der Waals surface area contributed by atoms with Gasteiger partial charge in [0.05, 0.1) is 0 Å². The Kier molecular flexibility index (Phi) is 2.55. The average molecular weight is 293 g/mol. The molecule has 7 nitrogen and oxygen atoms in total. The molecule has 0 aliphatic heterocycles. The Morgan fingerprint density at radius 2 is 1.95 bits per heavy atom. The molecule has 0 N–H and O–H groups in total. The summed E-state index contributed by atoms with van der Waals surface area (Å²) in [7, 11) is 2.77. The minimum Gasteiger partial charge on any atom is -0.618 e. The van der Waals surface area contributed by atoms with Crippen molar-refractivity contribution in [2.75, 3.05) is 0 Å². The molecule has 0 saturated heterocycles. The Morgan fingerprint density at radius 3 is 2.65 bits per heavy atom. The molecule has 0 radical (unpaired) electrons. The second kappa shape index (κ2) is 4.04. The molecule has 2 aromatic heterocycles. The Labute approximate surface area is 116 Å². The second-order valence-electron chi connectivity index (χ2n) is 4.42. The molecule has 3 aromatic rings. The molecule has 0 atom stereocenters. The summed E-state index contributed by atoms with van der Waals surface area (Å²) in [5, 5.41) is 12.7. The zero-order valence-corrected chi connectivity index (χ0v) is 11.4. The Morgan fingerprint density at radius 1 is 1.25 bits per heavy atom. The van der Waals surface area contributed by atoms with E-state index in [0.717, 1.165) is 4.57 Å². The predicted molar refractivity (Wildman–Crippen MR) is 73.7 cm³/mol. The molecular formula is C12H9ClN4O3. The maximum absolute atomic E-state index is 12.4. The van der Waals surface area contributed by atoms with Gasteiger partial charge in [-0.3, -0.25) is 13.9 Å². The topological polar surface area (TPSA) is 83.8 Å². The summed E-state index contributed by atoms with van der Waals surface area (Å²) in [6.07, 6.45) is 0. The molecule has 0 aliphatic rings. The minimum absolute atomic E-state index is 0.0444. The van der Waals surface area contributed by atoms with Crippen LogP contribution in [-0.4, -0.2) is 14.1 Å². The van der Waals surface area contributed by atoms with Gasteiger partial charge in [-0.05, 0) is 12.1 Å². The fourth-order valence-corrected chi connectivity index (χ4v) is 2.28. The first kappa shape index (κ1) is 12.6. The van der Waals surface area contributed by atoms with Crippen molar-refractivity contribution in [1.29, 1.82) is 0 Å². The summed E-state index contributed by atoms with van der Waals surface area (Å²) in [4.78, 5) is 28.2. The van der Waals surface area contributed by atoms with Gasteiger partial charge in [0.1, 0.15) is 5.52 Å². The van der Waals surface area contributed by atoms with Crippen LogP contribution in [0.3, 0.4) is 0 Å². The highest BCUT2D eigenvalue weighted by Gasteiger charge is 2.20. The lowest BCUT2D eigenvalue weighted by molar-refractivity contribution is -0.549. The van der Waals surface area contributed by atoms with Crippen LogP contribution in [0.4, 0.5) is 0 Å². The lowest BCUT2D eigenvalue weighted by Crippen LogP contribution is -2.44. The summed E-state index contributed by atoms with van der Waals surface area (Å²) >= 11 is 5.85. The van der Waals surface area contributed by atoms with E-state index in [1.165, 1.54) is 24.7 Å². The van der Waals surface area contributed by atoms with E-state index in [1.54, 1.807) is 12.1 Å². The van der Waals surface area contributed by atoms with Gasteiger partial charge in [0, 0.05) is 25.2 Å². The van der Waals surface area contributed by atoms with Gasteiger partial charge < -0.3 is 5.21 Å². The molecule has 8 heteroatoms. The highest BCUT2D eigenvalue weighted by molar-refractivity contribution is 6.31. The van der Waals surface area contributed by atoms with Crippen LogP contribution in [0.1, 0.15) is 0 Å². The third kappa shape index (κ3) is 1.53. The summed E-state index contributed by atoms with van der Waals surface area (Å²) in [5.74, 6) is 0. The number of fused-ring (bicyclic) bond motifs is 2. The van der Waals surface area contributed by atoms with E-state index < -0.39 is 11.2 Å². The largest absolute Gasteiger partial charge is 0.618 e. The van der Waals surface area contributed by atoms with Crippen molar-refractivity contribution in [3.8, 4) is 0 Å². The minimum atomic E-state index is -0.688. The van der Waals surface area contributed by atoms with Gasteiger partial charge in [-0.1, -0.05) is 11.6 Å². The van der Waals surface area contributed by atoms with Crippen LogP contribution < -0.4 is 16.0 Å². The Balaban J connectivity index is 2.71. The Hall–Kier alpha value is -2.41. The number of nitrogens with zero attached hydrogens (tertiary/aromatic N) is 4. The van der Waals surface area contributed by atoms with E-state index >= 15 is 0 Å². The average Bonchev–Trinajstić information content (AvgIpc) is 2.43. The number of hydrogen-bond acceptors (Lipinski definition) is 4. The summed E-state index contributed by atoms with van der Waals surface area (Å²) in [5.41, 5.74) is -0.830. The smallest absolute Gasteiger partial charge is 0.332 e. The molecule has 1 aromatic carbocycles. The van der Waals surface area contributed by atoms with Crippen molar-refractivity contribution in [3.63, 3.8) is 0 Å². The highest BCUT2D eigenvalue weighted by atomic mass is 35.5. The SMILES string of the molecule is Cn1c(=O)c2c(nc3ccc(Cl)cc3[n+]2[O-])n(C)c1=O. The van der Waals surface area contributed by atoms with E-state index in [4.69, 9.17) is 11.6 Å². The fourth-order valence-electron chi connectivity index (χ4n) is 2.11. The van der Waals surface area contributed by atoms with Crippen LogP contribution in [0.2, 0.25) is 5.02 Å². The third-order valence-corrected chi connectivity index (χ3v) is 3.43. The number of hydrogen-bond donors (Lipinski definition) is 0. The zero-order chi connectivity index (χ0) is 14.6. The number of benzene rings is 1. The van der Waals surface area contributed by atoms with Gasteiger partial charge in [0.15, 0.2) is 0 Å². The van der Waals surface area contributed by atoms with Crippen molar-refractivity contribution < 1.29 is 4.73 Å². The standard InChI is InChI=1S/C12H9ClN4O3/c1-15-10-9(11(18)16(2)12(15)19)17(20)8-5-6(13)3-4-7(8)14-10/h3-5H,1-2H3. The third-order valence-electron chi connectivity index (χ3n) is 3.20. The first-order valence-electron chi connectivity index (χ1n) is 5.70. The first-order chi connectivity index (χ1) is 9.41. The summed E-state index contributed by atoms with van der Waals surface area (Å²) in [6.45, 7) is 0. The van der Waals surface area contributed by atoms with Crippen LogP contribution in [0, 0.1) is 5.21 Å². The summed E-state index contributed by atoms with van der Waals surface area (Å²) < 4.78 is 2.50. The predicted octanol–water partition coefficient (Wildman–Crippen LogP) is 0.0722. The second-order valence-corrected chi connectivity index (χ2v) is 4.85. The van der Waals surface area contributed by atoms with Crippen LogP contribution in [0.5, 0.6) is 0 Å². The zero-order valence-electron chi connectivity index (χ0n) is 10.6. The number of aromatic nitrogens is 4. The van der Waals surface area contributed by atoms with Gasteiger partial charge in [0.25, 0.3) is 0 Å². The van der Waals surface area contributed by atoms with Gasteiger partial charge in [-0.25, -0.2) is 9.78 Å². The molecule has 0 bridgehead atoms. The molecule has 0 amide bonds. The van der Waals surface area contributed by atoms with Crippen molar-refractivity contribution in [2.45, 2.75) is 0 Å². The van der Waals surface area contributed by atoms with Crippen molar-refractivity contribution in [3.05, 3.63) is 49.3 Å². The van der Waals surface area contributed by atoms with E-state index in [0.29, 0.717) is 15.3 Å². The molecule has 3 rings (SSSR count). The quantitative estimate of drug-likeness (QED) is 0.333. The fraction of sp³-hybridized carbons (Fsp3) is 0.167. The molecule has 0 unspecified atom stereocenters. The number of rotatable bonds is 0. The van der Waals surface area contributed by atoms with E-state index in [-0.39, 0.29) is 16.7 Å². The lowest BCUT2D eigenvalue weighted by Gasteiger charge is -2.08. The van der Waals surface area contributed by atoms with Crippen molar-refractivity contribution >= 4 is 33.8 Å². The molecule has 0 aliphatic carbocycles. The molecule has 0 spiro atoms. The molecule has 2 heterocycles. The first-order valence-corrected chi connectivity index (χ1v) is 6.08. The van der Waals surface area contributed by atoms with Gasteiger partial charge >= 0.3 is 16.8 Å². The van der Waals surface area contributed by atoms with Gasteiger partial charge in [0.2, 0.25) is 11.2 Å². The highest BCUT2D eigenvalue weighted by Crippen LogP contribution is 2.16. The number of halogens is 1. The van der Waals surface area contributed by atoms with E-state index in [9.17, 15) is 14.8 Å². The lowest BCUT2D eigenvalue weighted by atomic mass is 10.3. The normalized spacial score (nSPS) is 11.3. The summed E-state index contributed by atoms with van der Waals surface area (Å²) in [6, 6.07) is 4.58. The molecular weight excluding hydrogens is 284 g/mol. The monoisotopic (exact) mass is 292 g/mol. The Bertz CT molecular complexity index is 990. The maximum atomic E-state index is 12.4. The van der Waals surface area contributed by atoms with Gasteiger partial charge in [-0.15, -0.1) is 0 Å². The molecule has 0 saturated carbocycles. The molecule has 0 fully saturated rings.